The first kappa shape index (κ1) is 14.9. The van der Waals surface area contributed by atoms with E-state index in [1.807, 2.05) is 6.92 Å². The fourth-order valence-electron chi connectivity index (χ4n) is 2.49. The zero-order valence-corrected chi connectivity index (χ0v) is 11.7. The zero-order valence-electron chi connectivity index (χ0n) is 11.7. The van der Waals surface area contributed by atoms with Gasteiger partial charge in [-0.25, -0.2) is 18.6 Å². The Kier molecular flexibility index (Phi) is 4.40. The lowest BCUT2D eigenvalue weighted by Crippen LogP contribution is -2.23. The summed E-state index contributed by atoms with van der Waals surface area (Å²) in [5.41, 5.74) is 0.562. The highest BCUT2D eigenvalue weighted by molar-refractivity contribution is 5.87. The number of rotatable bonds is 4. The molecule has 0 radical (unpaired) electrons. The number of hydrogen-bond acceptors (Lipinski definition) is 4. The normalized spacial score (nSPS) is 19.0. The van der Waals surface area contributed by atoms with E-state index in [0.29, 0.717) is 30.8 Å². The molecule has 1 aliphatic rings. The molecule has 112 valence electrons. The van der Waals surface area contributed by atoms with Crippen LogP contribution in [-0.4, -0.2) is 24.0 Å². The van der Waals surface area contributed by atoms with Gasteiger partial charge in [-0.05, 0) is 19.3 Å². The molecule has 0 saturated heterocycles. The van der Waals surface area contributed by atoms with Crippen LogP contribution in [0.4, 0.5) is 8.78 Å². The Bertz CT molecular complexity index is 475. The molecule has 0 spiro atoms. The molecule has 2 rings (SSSR count). The number of carbonyl (C=O) groups excluding carboxylic acids is 1. The number of ether oxygens (including phenoxy) is 1. The SMILES string of the molecule is CCCc1nc(C2CCC(F)(F)CC2)oc1C(=O)OC. The predicted molar refractivity (Wildman–Crippen MR) is 68.0 cm³/mol. The van der Waals surface area contributed by atoms with Crippen LogP contribution in [0, 0.1) is 0 Å². The van der Waals surface area contributed by atoms with Crippen LogP contribution in [0.25, 0.3) is 0 Å². The number of esters is 1. The third-order valence-electron chi connectivity index (χ3n) is 3.64. The van der Waals surface area contributed by atoms with Crippen LogP contribution in [0.15, 0.2) is 4.42 Å². The number of hydrogen-bond donors (Lipinski definition) is 0. The quantitative estimate of drug-likeness (QED) is 0.792. The molecule has 1 saturated carbocycles. The van der Waals surface area contributed by atoms with Crippen LogP contribution in [0.5, 0.6) is 0 Å². The molecule has 1 aliphatic carbocycles. The topological polar surface area (TPSA) is 52.3 Å². The standard InChI is InChI=1S/C14H19F2NO3/c1-3-4-10-11(13(18)19-2)20-12(17-10)9-5-7-14(15,16)8-6-9/h9H,3-8H2,1-2H3. The van der Waals surface area contributed by atoms with Gasteiger partial charge in [0.05, 0.1) is 12.8 Å². The molecule has 0 aromatic carbocycles. The molecule has 20 heavy (non-hydrogen) atoms. The fraction of sp³-hybridized carbons (Fsp3) is 0.714. The van der Waals surface area contributed by atoms with Crippen molar-refractivity contribution >= 4 is 5.97 Å². The predicted octanol–water partition coefficient (Wildman–Crippen LogP) is 3.71. The summed E-state index contributed by atoms with van der Waals surface area (Å²) in [5, 5.41) is 0. The van der Waals surface area contributed by atoms with Gasteiger partial charge in [0.15, 0.2) is 5.89 Å². The highest BCUT2D eigenvalue weighted by Crippen LogP contribution is 2.41. The summed E-state index contributed by atoms with van der Waals surface area (Å²) in [4.78, 5) is 16.0. The van der Waals surface area contributed by atoms with Crippen LogP contribution in [0.2, 0.25) is 0 Å². The third-order valence-corrected chi connectivity index (χ3v) is 3.64. The second-order valence-electron chi connectivity index (χ2n) is 5.20. The lowest BCUT2D eigenvalue weighted by molar-refractivity contribution is -0.0399. The number of carbonyl (C=O) groups is 1. The summed E-state index contributed by atoms with van der Waals surface area (Å²) >= 11 is 0. The van der Waals surface area contributed by atoms with Crippen molar-refractivity contribution in [2.45, 2.75) is 57.3 Å². The minimum Gasteiger partial charge on any atom is -0.463 e. The molecular formula is C14H19F2NO3. The van der Waals surface area contributed by atoms with Gasteiger partial charge in [-0.1, -0.05) is 13.3 Å². The summed E-state index contributed by atoms with van der Waals surface area (Å²) in [5.74, 6) is -2.77. The number of alkyl halides is 2. The summed E-state index contributed by atoms with van der Waals surface area (Å²) in [6.45, 7) is 1.97. The molecule has 0 N–H and O–H groups in total. The van der Waals surface area contributed by atoms with E-state index in [1.165, 1.54) is 7.11 Å². The van der Waals surface area contributed by atoms with Gasteiger partial charge in [-0.3, -0.25) is 0 Å². The Morgan fingerprint density at radius 3 is 2.65 bits per heavy atom. The van der Waals surface area contributed by atoms with Gasteiger partial charge >= 0.3 is 5.97 Å². The zero-order chi connectivity index (χ0) is 14.8. The first-order valence-corrected chi connectivity index (χ1v) is 6.92. The van der Waals surface area contributed by atoms with E-state index >= 15 is 0 Å². The van der Waals surface area contributed by atoms with Crippen molar-refractivity contribution in [1.82, 2.24) is 4.98 Å². The molecule has 4 nitrogen and oxygen atoms in total. The molecule has 0 amide bonds. The van der Waals surface area contributed by atoms with Gasteiger partial charge in [-0.15, -0.1) is 0 Å². The van der Waals surface area contributed by atoms with Crippen molar-refractivity contribution in [2.24, 2.45) is 0 Å². The maximum absolute atomic E-state index is 13.2. The van der Waals surface area contributed by atoms with Crippen molar-refractivity contribution in [3.05, 3.63) is 17.3 Å². The monoisotopic (exact) mass is 287 g/mol. The molecule has 0 bridgehead atoms. The van der Waals surface area contributed by atoms with Crippen molar-refractivity contribution in [1.29, 1.82) is 0 Å². The van der Waals surface area contributed by atoms with E-state index < -0.39 is 11.9 Å². The highest BCUT2D eigenvalue weighted by Gasteiger charge is 2.37. The Morgan fingerprint density at radius 2 is 2.10 bits per heavy atom. The van der Waals surface area contributed by atoms with Crippen LogP contribution in [-0.2, 0) is 11.2 Å². The third kappa shape index (κ3) is 3.16. The van der Waals surface area contributed by atoms with Crippen LogP contribution < -0.4 is 0 Å². The molecule has 1 fully saturated rings. The van der Waals surface area contributed by atoms with Gasteiger partial charge in [0.25, 0.3) is 0 Å². The average Bonchev–Trinajstić information content (AvgIpc) is 2.82. The number of nitrogens with zero attached hydrogens (tertiary/aromatic N) is 1. The van der Waals surface area contributed by atoms with E-state index in [0.717, 1.165) is 6.42 Å². The highest BCUT2D eigenvalue weighted by atomic mass is 19.3. The van der Waals surface area contributed by atoms with Crippen molar-refractivity contribution in [3.8, 4) is 0 Å². The minimum absolute atomic E-state index is 0.113. The lowest BCUT2D eigenvalue weighted by atomic mass is 9.87. The summed E-state index contributed by atoms with van der Waals surface area (Å²) in [6, 6.07) is 0. The Hall–Kier alpha value is -1.46. The lowest BCUT2D eigenvalue weighted by Gasteiger charge is -2.26. The Labute approximate surface area is 116 Å². The fourth-order valence-corrected chi connectivity index (χ4v) is 2.49. The number of aromatic nitrogens is 1. The van der Waals surface area contributed by atoms with Crippen molar-refractivity contribution in [2.75, 3.05) is 7.11 Å². The van der Waals surface area contributed by atoms with Gasteiger partial charge in [0.2, 0.25) is 11.7 Å². The molecule has 1 aromatic heterocycles. The average molecular weight is 287 g/mol. The minimum atomic E-state index is -2.58. The molecule has 0 aliphatic heterocycles. The summed E-state index contributed by atoms with van der Waals surface area (Å²) in [6.07, 6.45) is 1.78. The van der Waals surface area contributed by atoms with Crippen molar-refractivity contribution < 1.29 is 22.7 Å². The number of methoxy groups -OCH3 is 1. The first-order chi connectivity index (χ1) is 9.46. The molecule has 0 unspecified atom stereocenters. The maximum Gasteiger partial charge on any atom is 0.375 e. The van der Waals surface area contributed by atoms with Crippen LogP contribution in [0.1, 0.15) is 67.1 Å². The summed E-state index contributed by atoms with van der Waals surface area (Å²) in [7, 11) is 1.28. The van der Waals surface area contributed by atoms with Gasteiger partial charge in [0.1, 0.15) is 0 Å². The van der Waals surface area contributed by atoms with E-state index in [-0.39, 0.29) is 24.5 Å². The molecule has 0 atom stereocenters. The largest absolute Gasteiger partial charge is 0.463 e. The van der Waals surface area contributed by atoms with Crippen molar-refractivity contribution in [3.63, 3.8) is 0 Å². The number of oxazole rings is 1. The van der Waals surface area contributed by atoms with E-state index in [2.05, 4.69) is 9.72 Å². The van der Waals surface area contributed by atoms with Crippen LogP contribution >= 0.6 is 0 Å². The van der Waals surface area contributed by atoms with Gasteiger partial charge < -0.3 is 9.15 Å². The Morgan fingerprint density at radius 1 is 1.45 bits per heavy atom. The summed E-state index contributed by atoms with van der Waals surface area (Å²) < 4.78 is 36.5. The van der Waals surface area contributed by atoms with Gasteiger partial charge in [-0.2, -0.15) is 0 Å². The van der Waals surface area contributed by atoms with Crippen LogP contribution in [0.3, 0.4) is 0 Å². The molecule has 1 aromatic rings. The first-order valence-electron chi connectivity index (χ1n) is 6.92. The molecule has 6 heteroatoms. The second kappa shape index (κ2) is 5.89. The van der Waals surface area contributed by atoms with E-state index in [1.54, 1.807) is 0 Å². The molecular weight excluding hydrogens is 268 g/mol. The smallest absolute Gasteiger partial charge is 0.375 e. The number of aryl methyl sites for hydroxylation is 1. The Balaban J connectivity index is 2.18. The van der Waals surface area contributed by atoms with Gasteiger partial charge in [0, 0.05) is 18.8 Å². The maximum atomic E-state index is 13.2. The van der Waals surface area contributed by atoms with E-state index in [9.17, 15) is 13.6 Å². The van der Waals surface area contributed by atoms with E-state index in [4.69, 9.17) is 4.42 Å². The second-order valence-corrected chi connectivity index (χ2v) is 5.20. The molecule has 1 heterocycles. The number of halogens is 2.